The number of nitrogens with two attached hydrogens (primary N) is 1. The molecule has 80 valence electrons. The summed E-state index contributed by atoms with van der Waals surface area (Å²) in [7, 11) is -1.70. The first-order valence-corrected chi connectivity index (χ1v) is 5.33. The Kier molecular flexibility index (Phi) is 3.56. The standard InChI is InChI=1S/C9H9NO4S/c10-8(11)5-15(14)7-4-2-1-3-6(7)9(12)13/h1-4H,5H2,(H2,10,11)(H,12,13). The van der Waals surface area contributed by atoms with Crippen molar-refractivity contribution in [2.24, 2.45) is 5.73 Å². The van der Waals surface area contributed by atoms with Gasteiger partial charge in [0.1, 0.15) is 5.75 Å². The van der Waals surface area contributed by atoms with Crippen LogP contribution in [0.15, 0.2) is 29.2 Å². The zero-order chi connectivity index (χ0) is 11.4. The third kappa shape index (κ3) is 2.88. The number of carboxylic acids is 1. The molecule has 0 saturated heterocycles. The van der Waals surface area contributed by atoms with Crippen LogP contribution in [0, 0.1) is 0 Å². The van der Waals surface area contributed by atoms with Crippen LogP contribution in [0.4, 0.5) is 0 Å². The van der Waals surface area contributed by atoms with E-state index in [9.17, 15) is 13.8 Å². The normalized spacial score (nSPS) is 12.0. The van der Waals surface area contributed by atoms with E-state index in [1.807, 2.05) is 0 Å². The Balaban J connectivity index is 3.08. The molecule has 1 aromatic carbocycles. The maximum atomic E-state index is 11.5. The molecule has 0 bridgehead atoms. The van der Waals surface area contributed by atoms with Crippen LogP contribution < -0.4 is 5.73 Å². The summed E-state index contributed by atoms with van der Waals surface area (Å²) in [5.74, 6) is -2.28. The second-order valence-corrected chi connectivity index (χ2v) is 4.18. The summed E-state index contributed by atoms with van der Waals surface area (Å²) in [6.07, 6.45) is 0. The van der Waals surface area contributed by atoms with E-state index in [0.29, 0.717) is 0 Å². The van der Waals surface area contributed by atoms with Gasteiger partial charge in [-0.1, -0.05) is 12.1 Å². The Hall–Kier alpha value is -1.69. The molecular formula is C9H9NO4S. The maximum Gasteiger partial charge on any atom is 0.336 e. The Labute approximate surface area is 88.4 Å². The van der Waals surface area contributed by atoms with Gasteiger partial charge in [0.25, 0.3) is 0 Å². The number of carboxylic acid groups (broad SMARTS) is 1. The van der Waals surface area contributed by atoms with Gasteiger partial charge in [0.15, 0.2) is 0 Å². The van der Waals surface area contributed by atoms with E-state index in [0.717, 1.165) is 0 Å². The van der Waals surface area contributed by atoms with Gasteiger partial charge in [-0.2, -0.15) is 0 Å². The van der Waals surface area contributed by atoms with Crippen LogP contribution in [0.1, 0.15) is 10.4 Å². The number of amides is 1. The maximum absolute atomic E-state index is 11.5. The van der Waals surface area contributed by atoms with Crippen molar-refractivity contribution in [3.63, 3.8) is 0 Å². The molecule has 1 atom stereocenters. The Morgan fingerprint density at radius 3 is 2.47 bits per heavy atom. The van der Waals surface area contributed by atoms with Gasteiger partial charge in [0, 0.05) is 0 Å². The van der Waals surface area contributed by atoms with Crippen molar-refractivity contribution in [3.8, 4) is 0 Å². The van der Waals surface area contributed by atoms with Crippen LogP contribution >= 0.6 is 0 Å². The lowest BCUT2D eigenvalue weighted by Gasteiger charge is -2.03. The van der Waals surface area contributed by atoms with Crippen molar-refractivity contribution in [1.29, 1.82) is 0 Å². The molecule has 1 aromatic rings. The number of rotatable bonds is 4. The molecular weight excluding hydrogens is 218 g/mol. The molecule has 1 rings (SSSR count). The first-order chi connectivity index (χ1) is 7.02. The predicted molar refractivity (Wildman–Crippen MR) is 53.9 cm³/mol. The van der Waals surface area contributed by atoms with E-state index in [4.69, 9.17) is 10.8 Å². The highest BCUT2D eigenvalue weighted by Crippen LogP contribution is 2.13. The molecule has 1 amide bonds. The van der Waals surface area contributed by atoms with Gasteiger partial charge in [0.05, 0.1) is 21.3 Å². The van der Waals surface area contributed by atoms with Crippen molar-refractivity contribution in [2.45, 2.75) is 4.90 Å². The van der Waals surface area contributed by atoms with Crippen molar-refractivity contribution in [1.82, 2.24) is 0 Å². The molecule has 0 saturated carbocycles. The number of aromatic carboxylic acids is 1. The highest BCUT2D eigenvalue weighted by Gasteiger charge is 2.15. The summed E-state index contributed by atoms with van der Waals surface area (Å²) in [6.45, 7) is 0. The number of carbonyl (C=O) groups excluding carboxylic acids is 1. The van der Waals surface area contributed by atoms with Gasteiger partial charge in [0.2, 0.25) is 5.91 Å². The monoisotopic (exact) mass is 227 g/mol. The topological polar surface area (TPSA) is 97.5 Å². The van der Waals surface area contributed by atoms with E-state index < -0.39 is 22.7 Å². The smallest absolute Gasteiger partial charge is 0.336 e. The molecule has 0 spiro atoms. The molecule has 0 heterocycles. The summed E-state index contributed by atoms with van der Waals surface area (Å²) in [4.78, 5) is 21.4. The lowest BCUT2D eigenvalue weighted by Crippen LogP contribution is -2.20. The van der Waals surface area contributed by atoms with Crippen molar-refractivity contribution in [2.75, 3.05) is 5.75 Å². The van der Waals surface area contributed by atoms with E-state index in [-0.39, 0.29) is 16.2 Å². The fourth-order valence-electron chi connectivity index (χ4n) is 1.05. The highest BCUT2D eigenvalue weighted by atomic mass is 32.2. The lowest BCUT2D eigenvalue weighted by atomic mass is 10.2. The molecule has 0 radical (unpaired) electrons. The quantitative estimate of drug-likeness (QED) is 0.755. The zero-order valence-corrected chi connectivity index (χ0v) is 8.49. The van der Waals surface area contributed by atoms with Crippen LogP contribution in [-0.2, 0) is 15.6 Å². The van der Waals surface area contributed by atoms with E-state index in [2.05, 4.69) is 0 Å². The second kappa shape index (κ2) is 4.70. The van der Waals surface area contributed by atoms with Crippen LogP contribution in [-0.4, -0.2) is 26.9 Å². The lowest BCUT2D eigenvalue weighted by molar-refractivity contribution is -0.115. The average molecular weight is 227 g/mol. The largest absolute Gasteiger partial charge is 0.478 e. The number of carbonyl (C=O) groups is 2. The molecule has 3 N–H and O–H groups in total. The zero-order valence-electron chi connectivity index (χ0n) is 7.67. The SMILES string of the molecule is NC(=O)CS(=O)c1ccccc1C(=O)O. The summed E-state index contributed by atoms with van der Waals surface area (Å²) in [5.41, 5.74) is 4.81. The fourth-order valence-corrected chi connectivity index (χ4v) is 2.09. The highest BCUT2D eigenvalue weighted by molar-refractivity contribution is 7.85. The second-order valence-electron chi connectivity index (χ2n) is 2.76. The van der Waals surface area contributed by atoms with Gasteiger partial charge in [-0.3, -0.25) is 9.00 Å². The summed E-state index contributed by atoms with van der Waals surface area (Å²) in [6, 6.07) is 5.81. The van der Waals surface area contributed by atoms with Crippen molar-refractivity contribution in [3.05, 3.63) is 29.8 Å². The van der Waals surface area contributed by atoms with E-state index in [1.54, 1.807) is 6.07 Å². The molecule has 6 heteroatoms. The number of hydrogen-bond donors (Lipinski definition) is 2. The molecule has 0 aliphatic carbocycles. The summed E-state index contributed by atoms with van der Waals surface area (Å²) in [5, 5.41) is 8.80. The van der Waals surface area contributed by atoms with Gasteiger partial charge in [-0.05, 0) is 12.1 Å². The molecule has 0 aromatic heterocycles. The molecule has 0 aliphatic rings. The van der Waals surface area contributed by atoms with Gasteiger partial charge < -0.3 is 10.8 Å². The minimum absolute atomic E-state index is 0.0721. The van der Waals surface area contributed by atoms with Crippen molar-refractivity contribution >= 4 is 22.7 Å². The minimum atomic E-state index is -1.70. The van der Waals surface area contributed by atoms with Gasteiger partial charge >= 0.3 is 5.97 Å². The fraction of sp³-hybridized carbons (Fsp3) is 0.111. The first-order valence-electron chi connectivity index (χ1n) is 4.01. The van der Waals surface area contributed by atoms with E-state index >= 15 is 0 Å². The summed E-state index contributed by atoms with van der Waals surface area (Å²) < 4.78 is 11.5. The molecule has 5 nitrogen and oxygen atoms in total. The van der Waals surface area contributed by atoms with Crippen LogP contribution in [0.3, 0.4) is 0 Å². The van der Waals surface area contributed by atoms with Crippen LogP contribution in [0.2, 0.25) is 0 Å². The van der Waals surface area contributed by atoms with Crippen LogP contribution in [0.5, 0.6) is 0 Å². The van der Waals surface area contributed by atoms with Gasteiger partial charge in [-0.15, -0.1) is 0 Å². The Bertz CT molecular complexity index is 430. The third-order valence-corrected chi connectivity index (χ3v) is 3.03. The number of hydrogen-bond acceptors (Lipinski definition) is 3. The minimum Gasteiger partial charge on any atom is -0.478 e. The molecule has 1 unspecified atom stereocenters. The average Bonchev–Trinajstić information content (AvgIpc) is 2.16. The Morgan fingerprint density at radius 2 is 1.93 bits per heavy atom. The molecule has 0 fully saturated rings. The predicted octanol–water partition coefficient (Wildman–Crippen LogP) is -0.0223. The van der Waals surface area contributed by atoms with Crippen LogP contribution in [0.25, 0.3) is 0 Å². The van der Waals surface area contributed by atoms with Gasteiger partial charge in [-0.25, -0.2) is 4.79 Å². The summed E-state index contributed by atoms with van der Waals surface area (Å²) >= 11 is 0. The Morgan fingerprint density at radius 1 is 1.33 bits per heavy atom. The third-order valence-electron chi connectivity index (χ3n) is 1.64. The molecule has 15 heavy (non-hydrogen) atoms. The number of benzene rings is 1. The van der Waals surface area contributed by atoms with E-state index in [1.165, 1.54) is 18.2 Å². The van der Waals surface area contributed by atoms with Crippen molar-refractivity contribution < 1.29 is 18.9 Å². The first kappa shape index (κ1) is 11.4. The molecule has 0 aliphatic heterocycles. The number of primary amides is 1.